The van der Waals surface area contributed by atoms with Crippen molar-refractivity contribution in [3.63, 3.8) is 0 Å². The van der Waals surface area contributed by atoms with E-state index < -0.39 is 0 Å². The number of para-hydroxylation sites is 1. The molecule has 0 saturated carbocycles. The molecule has 0 saturated heterocycles. The molecule has 0 N–H and O–H groups in total. The summed E-state index contributed by atoms with van der Waals surface area (Å²) >= 11 is 0. The first-order valence-corrected chi connectivity index (χ1v) is 21.2. The average Bonchev–Trinajstić information content (AvgIpc) is 3.58. The second kappa shape index (κ2) is 13.0. The maximum Gasteiger partial charge on any atom is 0.252 e. The number of furan rings is 1. The molecule has 2 aliphatic rings. The first kappa shape index (κ1) is 37.3. The highest BCUT2D eigenvalue weighted by Crippen LogP contribution is 2.47. The lowest BCUT2D eigenvalue weighted by Crippen LogP contribution is -2.61. The summed E-state index contributed by atoms with van der Waals surface area (Å²) in [7, 11) is 0. The van der Waals surface area contributed by atoms with E-state index in [4.69, 9.17) is 4.42 Å². The molecule has 7 aromatic carbocycles. The fourth-order valence-corrected chi connectivity index (χ4v) is 9.54. The van der Waals surface area contributed by atoms with Gasteiger partial charge in [-0.25, -0.2) is 0 Å². The van der Waals surface area contributed by atoms with Gasteiger partial charge < -0.3 is 14.2 Å². The topological polar surface area (TPSA) is 19.6 Å². The third-order valence-corrected chi connectivity index (χ3v) is 12.8. The molecule has 0 amide bonds. The van der Waals surface area contributed by atoms with Crippen molar-refractivity contribution in [1.82, 2.24) is 0 Å². The summed E-state index contributed by atoms with van der Waals surface area (Å²) in [6.07, 6.45) is 0. The number of fused-ring (bicyclic) bond motifs is 7. The Bertz CT molecular complexity index is 2950. The van der Waals surface area contributed by atoms with Crippen molar-refractivity contribution in [2.75, 3.05) is 9.80 Å². The zero-order valence-corrected chi connectivity index (χ0v) is 36.2. The Morgan fingerprint density at radius 2 is 1.02 bits per heavy atom. The summed E-state index contributed by atoms with van der Waals surface area (Å²) in [5.74, 6) is 0. The quantitative estimate of drug-likeness (QED) is 0.167. The van der Waals surface area contributed by atoms with Gasteiger partial charge in [0, 0.05) is 44.9 Å². The van der Waals surface area contributed by atoms with E-state index in [1.807, 2.05) is 6.07 Å². The second-order valence-corrected chi connectivity index (χ2v) is 20.0. The van der Waals surface area contributed by atoms with Gasteiger partial charge in [-0.05, 0) is 134 Å². The number of benzene rings is 7. The number of aryl methyl sites for hydroxylation is 1. The molecule has 0 atom stereocenters. The Balaban J connectivity index is 1.21. The smallest absolute Gasteiger partial charge is 0.252 e. The van der Waals surface area contributed by atoms with Crippen LogP contribution < -0.4 is 26.2 Å². The SMILES string of the molecule is Cc1cc2c3c(c1)N(c1ccc(C(C)(C)C)cc1)c1cc(C(C)(C)C)ccc1B3c1cc(C(C)(C)C)ccc1N2c1ccc(-c2cccc3oc4ccccc4c23)cc1. The Kier molecular flexibility index (Phi) is 8.22. The van der Waals surface area contributed by atoms with Gasteiger partial charge in [0.2, 0.25) is 0 Å². The lowest BCUT2D eigenvalue weighted by Gasteiger charge is -2.45. The summed E-state index contributed by atoms with van der Waals surface area (Å²) in [6.45, 7) is 23.1. The molecule has 0 fully saturated rings. The van der Waals surface area contributed by atoms with Gasteiger partial charge in [-0.1, -0.05) is 141 Å². The molecule has 0 aliphatic carbocycles. The van der Waals surface area contributed by atoms with Crippen molar-refractivity contribution in [1.29, 1.82) is 0 Å². The normalized spacial score (nSPS) is 13.8. The van der Waals surface area contributed by atoms with Crippen LogP contribution in [-0.4, -0.2) is 6.71 Å². The number of hydrogen-bond acceptors (Lipinski definition) is 3. The molecule has 59 heavy (non-hydrogen) atoms. The van der Waals surface area contributed by atoms with Crippen molar-refractivity contribution in [2.45, 2.75) is 85.5 Å². The average molecular weight is 769 g/mol. The van der Waals surface area contributed by atoms with Gasteiger partial charge in [0.1, 0.15) is 11.2 Å². The van der Waals surface area contributed by atoms with Gasteiger partial charge in [0.25, 0.3) is 6.71 Å². The fraction of sp³-hybridized carbons (Fsp3) is 0.236. The van der Waals surface area contributed by atoms with Crippen molar-refractivity contribution in [3.8, 4) is 11.1 Å². The van der Waals surface area contributed by atoms with Gasteiger partial charge in [-0.3, -0.25) is 0 Å². The molecule has 0 unspecified atom stereocenters. The third kappa shape index (κ3) is 6.02. The highest BCUT2D eigenvalue weighted by Gasteiger charge is 2.44. The first-order valence-electron chi connectivity index (χ1n) is 21.2. The van der Waals surface area contributed by atoms with Crippen molar-refractivity contribution < 1.29 is 4.42 Å². The van der Waals surface area contributed by atoms with Gasteiger partial charge >= 0.3 is 0 Å². The van der Waals surface area contributed by atoms with E-state index in [0.717, 1.165) is 27.6 Å². The minimum atomic E-state index is -0.00933. The molecule has 10 rings (SSSR count). The van der Waals surface area contributed by atoms with E-state index in [-0.39, 0.29) is 23.0 Å². The molecular weight excluding hydrogens is 715 g/mol. The molecule has 0 bridgehead atoms. The molecule has 4 heteroatoms. The highest BCUT2D eigenvalue weighted by molar-refractivity contribution is 7.00. The van der Waals surface area contributed by atoms with Crippen LogP contribution in [0.4, 0.5) is 34.1 Å². The van der Waals surface area contributed by atoms with E-state index in [1.165, 1.54) is 78.2 Å². The predicted molar refractivity (Wildman–Crippen MR) is 254 cm³/mol. The number of nitrogens with zero attached hydrogens (tertiary/aromatic N) is 2. The maximum absolute atomic E-state index is 6.29. The van der Waals surface area contributed by atoms with Crippen LogP contribution in [0.5, 0.6) is 0 Å². The lowest BCUT2D eigenvalue weighted by atomic mass is 9.33. The largest absolute Gasteiger partial charge is 0.456 e. The summed E-state index contributed by atoms with van der Waals surface area (Å²) in [5.41, 5.74) is 20.8. The van der Waals surface area contributed by atoms with Gasteiger partial charge in [-0.15, -0.1) is 0 Å². The summed E-state index contributed by atoms with van der Waals surface area (Å²) in [4.78, 5) is 5.08. The molecule has 1 aromatic heterocycles. The molecule has 0 radical (unpaired) electrons. The second-order valence-electron chi connectivity index (χ2n) is 20.0. The Morgan fingerprint density at radius 1 is 0.458 bits per heavy atom. The maximum atomic E-state index is 6.29. The van der Waals surface area contributed by atoms with E-state index in [1.54, 1.807) is 0 Å². The van der Waals surface area contributed by atoms with Gasteiger partial charge in [0.05, 0.1) is 0 Å². The first-order chi connectivity index (χ1) is 28.1. The molecule has 2 aliphatic heterocycles. The molecular formula is C55H53BN2O. The summed E-state index contributed by atoms with van der Waals surface area (Å²) in [6, 6.07) is 52.6. The molecule has 0 spiro atoms. The number of hydrogen-bond donors (Lipinski definition) is 0. The predicted octanol–water partition coefficient (Wildman–Crippen LogP) is 13.5. The molecule has 8 aromatic rings. The summed E-state index contributed by atoms with van der Waals surface area (Å²) < 4.78 is 6.29. The van der Waals surface area contributed by atoms with E-state index in [9.17, 15) is 0 Å². The van der Waals surface area contributed by atoms with Crippen LogP contribution in [0.2, 0.25) is 0 Å². The van der Waals surface area contributed by atoms with Crippen LogP contribution in [-0.2, 0) is 16.2 Å². The minimum absolute atomic E-state index is 0.00207. The Morgan fingerprint density at radius 3 is 1.68 bits per heavy atom. The van der Waals surface area contributed by atoms with Crippen molar-refractivity contribution in [3.05, 3.63) is 162 Å². The minimum Gasteiger partial charge on any atom is -0.456 e. The summed E-state index contributed by atoms with van der Waals surface area (Å²) in [5, 5.41) is 2.31. The molecule has 3 nitrogen and oxygen atoms in total. The van der Waals surface area contributed by atoms with Gasteiger partial charge in [0.15, 0.2) is 0 Å². The lowest BCUT2D eigenvalue weighted by molar-refractivity contribution is 0.590. The van der Waals surface area contributed by atoms with Crippen molar-refractivity contribution >= 4 is 79.2 Å². The van der Waals surface area contributed by atoms with Gasteiger partial charge in [-0.2, -0.15) is 0 Å². The zero-order valence-electron chi connectivity index (χ0n) is 36.2. The van der Waals surface area contributed by atoms with Crippen LogP contribution in [0.25, 0.3) is 33.1 Å². The molecule has 3 heterocycles. The standard InChI is InChI=1S/C55H53BN2O/c1-34-30-47-52-48(31-34)58(40-26-20-36(21-27-40)53(2,3)4)46-33-38(55(8,9)10)22-28-43(46)56(52)44-32-37(54(5,6)7)23-29-45(44)57(47)39-24-18-35(19-25-39)41-15-13-17-50-51(41)42-14-11-12-16-49(42)59-50/h11-33H,1-10H3. The zero-order chi connectivity index (χ0) is 41.2. The highest BCUT2D eigenvalue weighted by atomic mass is 16.3. The van der Waals surface area contributed by atoms with E-state index in [2.05, 4.69) is 212 Å². The Hall–Kier alpha value is -6.00. The van der Waals surface area contributed by atoms with E-state index in [0.29, 0.717) is 0 Å². The third-order valence-electron chi connectivity index (χ3n) is 12.8. The van der Waals surface area contributed by atoms with Crippen LogP contribution in [0.15, 0.2) is 144 Å². The van der Waals surface area contributed by atoms with Crippen molar-refractivity contribution in [2.24, 2.45) is 0 Å². The Labute approximate surface area is 350 Å². The number of rotatable bonds is 3. The fourth-order valence-electron chi connectivity index (χ4n) is 9.54. The molecule has 292 valence electrons. The number of anilines is 6. The van der Waals surface area contributed by atoms with Crippen LogP contribution >= 0.6 is 0 Å². The monoisotopic (exact) mass is 768 g/mol. The van der Waals surface area contributed by atoms with Crippen LogP contribution in [0.3, 0.4) is 0 Å². The van der Waals surface area contributed by atoms with E-state index >= 15 is 0 Å². The van der Waals surface area contributed by atoms with Crippen LogP contribution in [0, 0.1) is 6.92 Å². The van der Waals surface area contributed by atoms with Crippen LogP contribution in [0.1, 0.15) is 84.6 Å².